The largest absolute Gasteiger partial charge is 0.497 e. The Bertz CT molecular complexity index is 1440. The van der Waals surface area contributed by atoms with Crippen LogP contribution in [0, 0.1) is 5.41 Å². The molecule has 3 heterocycles. The minimum Gasteiger partial charge on any atom is -0.497 e. The summed E-state index contributed by atoms with van der Waals surface area (Å²) in [5.41, 5.74) is 0.608. The van der Waals surface area contributed by atoms with Crippen molar-refractivity contribution in [3.05, 3.63) is 101 Å². The lowest BCUT2D eigenvalue weighted by atomic mass is 9.65. The average Bonchev–Trinajstić information content (AvgIpc) is 3.24. The predicted molar refractivity (Wildman–Crippen MR) is 138 cm³/mol. The van der Waals surface area contributed by atoms with Crippen molar-refractivity contribution in [2.75, 3.05) is 7.11 Å². The second-order valence-electron chi connectivity index (χ2n) is 10.1. The van der Waals surface area contributed by atoms with Gasteiger partial charge in [0.15, 0.2) is 5.78 Å². The number of hydrazone groups is 1. The van der Waals surface area contributed by atoms with Crippen molar-refractivity contribution in [1.82, 2.24) is 5.01 Å². The van der Waals surface area contributed by atoms with Gasteiger partial charge in [0, 0.05) is 25.3 Å². The molecule has 0 amide bonds. The molecular weight excluding hydrogens is 484 g/mol. The van der Waals surface area contributed by atoms with Crippen molar-refractivity contribution < 1.29 is 28.6 Å². The van der Waals surface area contributed by atoms with Crippen LogP contribution in [-0.4, -0.2) is 47.9 Å². The van der Waals surface area contributed by atoms with Crippen LogP contribution >= 0.6 is 0 Å². The lowest BCUT2D eigenvalue weighted by molar-refractivity contribution is -0.254. The van der Waals surface area contributed by atoms with Crippen molar-refractivity contribution in [2.45, 2.75) is 37.6 Å². The van der Waals surface area contributed by atoms with Gasteiger partial charge in [-0.2, -0.15) is 5.10 Å². The van der Waals surface area contributed by atoms with Gasteiger partial charge in [-0.25, -0.2) is 0 Å². The highest BCUT2D eigenvalue weighted by Crippen LogP contribution is 2.62. The summed E-state index contributed by atoms with van der Waals surface area (Å²) in [6, 6.07) is 21.3. The number of hydrogen-bond acceptors (Lipinski definition) is 8. The van der Waals surface area contributed by atoms with Crippen molar-refractivity contribution in [3.63, 3.8) is 0 Å². The number of Topliss-reactive ketones (excluding diaryl/α,β-unsaturated/α-hetero) is 1. The molecule has 0 aliphatic carbocycles. The Labute approximate surface area is 219 Å². The Hall–Kier alpha value is -4.46. The molecule has 1 unspecified atom stereocenters. The predicted octanol–water partition coefficient (Wildman–Crippen LogP) is 4.26. The smallest absolute Gasteiger partial charge is 0.330 e. The number of methoxy groups -OCH3 is 1. The van der Waals surface area contributed by atoms with Crippen LogP contribution in [0.5, 0.6) is 5.75 Å². The van der Waals surface area contributed by atoms with Crippen LogP contribution in [0.15, 0.2) is 84.0 Å². The van der Waals surface area contributed by atoms with Gasteiger partial charge in [-0.15, -0.1) is 0 Å². The fourth-order valence-electron chi connectivity index (χ4n) is 5.97. The first-order valence-corrected chi connectivity index (χ1v) is 12.4. The van der Waals surface area contributed by atoms with Gasteiger partial charge in [-0.3, -0.25) is 19.4 Å². The van der Waals surface area contributed by atoms with E-state index >= 15 is 0 Å². The maximum atomic E-state index is 14.3. The van der Waals surface area contributed by atoms with E-state index in [-0.39, 0.29) is 5.78 Å². The molecule has 0 saturated carbocycles. The minimum absolute atomic E-state index is 0.287. The van der Waals surface area contributed by atoms with E-state index < -0.39 is 41.1 Å². The highest BCUT2D eigenvalue weighted by Gasteiger charge is 2.75. The summed E-state index contributed by atoms with van der Waals surface area (Å²) in [6.07, 6.45) is 1.66. The SMILES string of the molecule is COc1ccc(C(=O)[C@@H]2[C@@H](c3ccccc3)C3(C(=O)OC(C)(C)OC3=O)C3c4ccccc4C=NN32)cc1. The molecule has 0 N–H and O–H groups in total. The Balaban J connectivity index is 1.62. The van der Waals surface area contributed by atoms with Gasteiger partial charge in [0.1, 0.15) is 17.8 Å². The third-order valence-corrected chi connectivity index (χ3v) is 7.56. The number of benzene rings is 3. The summed E-state index contributed by atoms with van der Waals surface area (Å²) in [4.78, 5) is 42.6. The minimum atomic E-state index is -1.88. The van der Waals surface area contributed by atoms with Gasteiger partial charge in [-0.1, -0.05) is 54.6 Å². The van der Waals surface area contributed by atoms with Crippen LogP contribution in [0.4, 0.5) is 0 Å². The lowest BCUT2D eigenvalue weighted by Gasteiger charge is -2.44. The van der Waals surface area contributed by atoms with E-state index in [1.165, 1.54) is 13.8 Å². The maximum absolute atomic E-state index is 14.3. The van der Waals surface area contributed by atoms with Crippen molar-refractivity contribution in [3.8, 4) is 5.75 Å². The van der Waals surface area contributed by atoms with E-state index in [9.17, 15) is 14.4 Å². The first-order chi connectivity index (χ1) is 18.3. The fraction of sp³-hybridized carbons (Fsp3) is 0.267. The van der Waals surface area contributed by atoms with Crippen LogP contribution in [0.1, 0.15) is 52.9 Å². The molecule has 2 saturated heterocycles. The number of esters is 2. The van der Waals surface area contributed by atoms with Gasteiger partial charge < -0.3 is 14.2 Å². The van der Waals surface area contributed by atoms with Crippen LogP contribution in [-0.2, 0) is 19.1 Å². The molecule has 192 valence electrons. The van der Waals surface area contributed by atoms with E-state index in [2.05, 4.69) is 5.10 Å². The highest BCUT2D eigenvalue weighted by molar-refractivity contribution is 6.09. The zero-order chi connectivity index (χ0) is 26.7. The molecule has 0 aromatic heterocycles. The fourth-order valence-corrected chi connectivity index (χ4v) is 5.97. The van der Waals surface area contributed by atoms with Crippen molar-refractivity contribution >= 4 is 23.9 Å². The van der Waals surface area contributed by atoms with Gasteiger partial charge in [0.05, 0.1) is 13.3 Å². The lowest BCUT2D eigenvalue weighted by Crippen LogP contribution is -2.58. The number of fused-ring (bicyclic) bond motifs is 4. The summed E-state index contributed by atoms with van der Waals surface area (Å²) < 4.78 is 16.8. The summed E-state index contributed by atoms with van der Waals surface area (Å²) in [5.74, 6) is -3.54. The quantitative estimate of drug-likeness (QED) is 0.294. The number of carbonyl (C=O) groups excluding carboxylic acids is 3. The Morgan fingerprint density at radius 1 is 0.895 bits per heavy atom. The van der Waals surface area contributed by atoms with E-state index in [4.69, 9.17) is 14.2 Å². The zero-order valence-electron chi connectivity index (χ0n) is 21.2. The van der Waals surface area contributed by atoms with E-state index in [0.29, 0.717) is 22.4 Å². The molecule has 1 spiro atoms. The second kappa shape index (κ2) is 8.55. The van der Waals surface area contributed by atoms with Gasteiger partial charge in [0.2, 0.25) is 5.41 Å². The first kappa shape index (κ1) is 23.9. The molecule has 3 aliphatic heterocycles. The van der Waals surface area contributed by atoms with Crippen LogP contribution in [0.3, 0.4) is 0 Å². The van der Waals surface area contributed by atoms with Crippen LogP contribution in [0.2, 0.25) is 0 Å². The summed E-state index contributed by atoms with van der Waals surface area (Å²) in [6.45, 7) is 3.04. The van der Waals surface area contributed by atoms with Crippen LogP contribution < -0.4 is 4.74 Å². The first-order valence-electron chi connectivity index (χ1n) is 12.4. The standard InChI is InChI=1S/C30H26N2O6/c1-29(2)37-27(34)30(28(35)38-29)23(18-9-5-4-6-10-18)24(25(33)19-13-15-21(36-3)16-14-19)32-26(30)22-12-8-7-11-20(22)17-31-32/h4-17,23-24,26H,1-3H3/t23-,24+,26?/m1/s1. The van der Waals surface area contributed by atoms with E-state index in [1.807, 2.05) is 54.6 Å². The van der Waals surface area contributed by atoms with Gasteiger partial charge >= 0.3 is 11.9 Å². The molecule has 8 nitrogen and oxygen atoms in total. The third-order valence-electron chi connectivity index (χ3n) is 7.56. The number of ketones is 1. The van der Waals surface area contributed by atoms with Gasteiger partial charge in [0.25, 0.3) is 5.79 Å². The Kier molecular flexibility index (Phi) is 5.38. The molecule has 38 heavy (non-hydrogen) atoms. The molecular formula is C30H26N2O6. The van der Waals surface area contributed by atoms with Crippen LogP contribution in [0.25, 0.3) is 0 Å². The highest BCUT2D eigenvalue weighted by atomic mass is 16.7. The summed E-state index contributed by atoms with van der Waals surface area (Å²) in [5, 5.41) is 6.26. The van der Waals surface area contributed by atoms with E-state index in [0.717, 1.165) is 5.56 Å². The number of rotatable bonds is 4. The van der Waals surface area contributed by atoms with Gasteiger partial charge in [-0.05, 0) is 41.0 Å². The molecule has 8 heteroatoms. The molecule has 0 bridgehead atoms. The normalized spacial score (nSPS) is 24.3. The number of cyclic esters (lactones) is 2. The molecule has 3 atom stereocenters. The molecule has 3 aliphatic rings. The number of ether oxygens (including phenoxy) is 3. The Morgan fingerprint density at radius 2 is 1.53 bits per heavy atom. The van der Waals surface area contributed by atoms with Crippen molar-refractivity contribution in [1.29, 1.82) is 0 Å². The molecule has 2 fully saturated rings. The molecule has 3 aromatic rings. The second-order valence-corrected chi connectivity index (χ2v) is 10.1. The van der Waals surface area contributed by atoms with Crippen molar-refractivity contribution in [2.24, 2.45) is 10.5 Å². The molecule has 3 aromatic carbocycles. The average molecular weight is 511 g/mol. The summed E-state index contributed by atoms with van der Waals surface area (Å²) >= 11 is 0. The number of hydrogen-bond donors (Lipinski definition) is 0. The summed E-state index contributed by atoms with van der Waals surface area (Å²) in [7, 11) is 1.55. The maximum Gasteiger partial charge on any atom is 0.330 e. The molecule has 0 radical (unpaired) electrons. The zero-order valence-corrected chi connectivity index (χ0v) is 21.2. The number of carbonyl (C=O) groups is 3. The monoisotopic (exact) mass is 510 g/mol. The third kappa shape index (κ3) is 3.36. The Morgan fingerprint density at radius 3 is 2.18 bits per heavy atom. The number of nitrogens with zero attached hydrogens (tertiary/aromatic N) is 2. The van der Waals surface area contributed by atoms with E-state index in [1.54, 1.807) is 42.6 Å². The molecule has 6 rings (SSSR count). The topological polar surface area (TPSA) is 94.5 Å².